The molecule has 0 bridgehead atoms. The standard InChI is InChI=1S/C28H25ClFN5O2/c1-17-23(12-20(29)15-32-17)27(36)33-21-9-6-18(7-10-21)16-34-25-4-2-3-5-26(25)35(28(34)37)22-11-8-19(14-31)24(30)13-22/h2-5,8,11-13,15,18,21H,6-7,9-10,16H2,1H3,(H,33,36)/t18-,21-. The van der Waals surface area contributed by atoms with Crippen LogP contribution in [0.3, 0.4) is 0 Å². The molecule has 1 amide bonds. The highest BCUT2D eigenvalue weighted by Gasteiger charge is 2.26. The summed E-state index contributed by atoms with van der Waals surface area (Å²) in [5.74, 6) is -0.574. The van der Waals surface area contributed by atoms with E-state index in [1.54, 1.807) is 23.6 Å². The van der Waals surface area contributed by atoms with E-state index in [9.17, 15) is 14.0 Å². The fourth-order valence-electron chi connectivity index (χ4n) is 5.12. The molecule has 1 saturated carbocycles. The van der Waals surface area contributed by atoms with Gasteiger partial charge in [0, 0.05) is 18.8 Å². The third-order valence-corrected chi connectivity index (χ3v) is 7.29. The zero-order valence-electron chi connectivity index (χ0n) is 20.2. The van der Waals surface area contributed by atoms with Crippen LogP contribution in [0.5, 0.6) is 0 Å². The molecule has 2 heterocycles. The number of rotatable bonds is 5. The highest BCUT2D eigenvalue weighted by molar-refractivity contribution is 6.30. The van der Waals surface area contributed by atoms with Crippen molar-refractivity contribution in [1.82, 2.24) is 19.4 Å². The Balaban J connectivity index is 1.33. The first-order chi connectivity index (χ1) is 17.9. The second-order valence-electron chi connectivity index (χ2n) is 9.47. The Labute approximate surface area is 218 Å². The van der Waals surface area contributed by atoms with Crippen LogP contribution in [0, 0.1) is 30.0 Å². The average Bonchev–Trinajstić information content (AvgIpc) is 3.17. The second-order valence-corrected chi connectivity index (χ2v) is 9.91. The van der Waals surface area contributed by atoms with Gasteiger partial charge in [0.25, 0.3) is 5.91 Å². The van der Waals surface area contributed by atoms with Crippen LogP contribution in [0.25, 0.3) is 16.7 Å². The molecular weight excluding hydrogens is 493 g/mol. The molecule has 188 valence electrons. The number of aromatic nitrogens is 3. The second kappa shape index (κ2) is 10.2. The fourth-order valence-corrected chi connectivity index (χ4v) is 5.27. The third kappa shape index (κ3) is 4.87. The number of nitrogens with one attached hydrogen (secondary N) is 1. The van der Waals surface area contributed by atoms with Crippen LogP contribution in [0.2, 0.25) is 5.02 Å². The zero-order valence-corrected chi connectivity index (χ0v) is 21.0. The van der Waals surface area contributed by atoms with E-state index in [1.165, 1.54) is 22.9 Å². The van der Waals surface area contributed by atoms with E-state index < -0.39 is 5.82 Å². The first kappa shape index (κ1) is 24.7. The van der Waals surface area contributed by atoms with Gasteiger partial charge in [-0.1, -0.05) is 23.7 Å². The monoisotopic (exact) mass is 517 g/mol. The maximum Gasteiger partial charge on any atom is 0.333 e. The number of aryl methyl sites for hydroxylation is 1. The molecule has 0 saturated heterocycles. The number of benzene rings is 2. The van der Waals surface area contributed by atoms with Gasteiger partial charge in [-0.2, -0.15) is 5.26 Å². The molecule has 4 aromatic rings. The van der Waals surface area contributed by atoms with Crippen molar-refractivity contribution in [1.29, 1.82) is 5.26 Å². The van der Waals surface area contributed by atoms with Crippen molar-refractivity contribution in [3.63, 3.8) is 0 Å². The van der Waals surface area contributed by atoms with Gasteiger partial charge in [0.1, 0.15) is 11.9 Å². The summed E-state index contributed by atoms with van der Waals surface area (Å²) in [5.41, 5.74) is 2.64. The molecule has 1 aliphatic carbocycles. The lowest BCUT2D eigenvalue weighted by molar-refractivity contribution is 0.0919. The zero-order chi connectivity index (χ0) is 26.1. The smallest absolute Gasteiger partial charge is 0.333 e. The minimum Gasteiger partial charge on any atom is -0.349 e. The van der Waals surface area contributed by atoms with Gasteiger partial charge < -0.3 is 5.32 Å². The van der Waals surface area contributed by atoms with E-state index in [-0.39, 0.29) is 29.1 Å². The Bertz CT molecular complexity index is 1590. The van der Waals surface area contributed by atoms with Gasteiger partial charge in [-0.3, -0.25) is 18.9 Å². The first-order valence-electron chi connectivity index (χ1n) is 12.2. The van der Waals surface area contributed by atoms with Crippen LogP contribution < -0.4 is 11.0 Å². The Morgan fingerprint density at radius 2 is 1.89 bits per heavy atom. The molecule has 7 nitrogen and oxygen atoms in total. The van der Waals surface area contributed by atoms with Gasteiger partial charge in [0.15, 0.2) is 0 Å². The predicted octanol–water partition coefficient (Wildman–Crippen LogP) is 5.15. The van der Waals surface area contributed by atoms with Crippen LogP contribution in [0.4, 0.5) is 4.39 Å². The summed E-state index contributed by atoms with van der Waals surface area (Å²) in [6, 6.07) is 15.1. The molecule has 0 spiro atoms. The molecule has 2 aromatic heterocycles. The molecule has 1 N–H and O–H groups in total. The highest BCUT2D eigenvalue weighted by atomic mass is 35.5. The SMILES string of the molecule is Cc1ncc(Cl)cc1C(=O)N[C@H]1CC[C@H](Cn2c(=O)n(-c3ccc(C#N)c(F)c3)c3ccccc32)CC1. The number of amides is 1. The van der Waals surface area contributed by atoms with Crippen LogP contribution in [0.15, 0.2) is 59.5 Å². The molecule has 0 atom stereocenters. The summed E-state index contributed by atoms with van der Waals surface area (Å²) < 4.78 is 17.6. The number of nitriles is 1. The van der Waals surface area contributed by atoms with Gasteiger partial charge in [-0.05, 0) is 74.9 Å². The lowest BCUT2D eigenvalue weighted by Crippen LogP contribution is -2.39. The minimum atomic E-state index is -0.659. The lowest BCUT2D eigenvalue weighted by Gasteiger charge is -2.29. The summed E-state index contributed by atoms with van der Waals surface area (Å²) in [6.07, 6.45) is 4.84. The van der Waals surface area contributed by atoms with Crippen molar-refractivity contribution in [2.75, 3.05) is 0 Å². The van der Waals surface area contributed by atoms with Crippen molar-refractivity contribution in [3.8, 4) is 11.8 Å². The lowest BCUT2D eigenvalue weighted by atomic mass is 9.85. The first-order valence-corrected chi connectivity index (χ1v) is 12.6. The number of hydrogen-bond acceptors (Lipinski definition) is 4. The van der Waals surface area contributed by atoms with Crippen molar-refractivity contribution < 1.29 is 9.18 Å². The highest BCUT2D eigenvalue weighted by Crippen LogP contribution is 2.28. The maximum atomic E-state index is 14.3. The molecule has 1 aliphatic rings. The van der Waals surface area contributed by atoms with E-state index in [0.717, 1.165) is 31.2 Å². The predicted molar refractivity (Wildman–Crippen MR) is 139 cm³/mol. The van der Waals surface area contributed by atoms with E-state index in [4.69, 9.17) is 16.9 Å². The topological polar surface area (TPSA) is 92.7 Å². The molecule has 0 radical (unpaired) electrons. The van der Waals surface area contributed by atoms with Crippen LogP contribution >= 0.6 is 11.6 Å². The number of para-hydroxylation sites is 2. The van der Waals surface area contributed by atoms with Crippen molar-refractivity contribution >= 4 is 28.5 Å². The maximum absolute atomic E-state index is 14.3. The molecule has 0 aliphatic heterocycles. The van der Waals surface area contributed by atoms with Gasteiger partial charge >= 0.3 is 5.69 Å². The van der Waals surface area contributed by atoms with Crippen molar-refractivity contribution in [2.24, 2.45) is 5.92 Å². The van der Waals surface area contributed by atoms with Crippen LogP contribution in [-0.2, 0) is 6.54 Å². The largest absolute Gasteiger partial charge is 0.349 e. The van der Waals surface area contributed by atoms with Crippen LogP contribution in [-0.4, -0.2) is 26.1 Å². The summed E-state index contributed by atoms with van der Waals surface area (Å²) in [5, 5.41) is 12.6. The summed E-state index contributed by atoms with van der Waals surface area (Å²) in [7, 11) is 0. The van der Waals surface area contributed by atoms with E-state index >= 15 is 0 Å². The molecule has 37 heavy (non-hydrogen) atoms. The molecule has 9 heteroatoms. The quantitative estimate of drug-likeness (QED) is 0.396. The number of hydrogen-bond donors (Lipinski definition) is 1. The third-order valence-electron chi connectivity index (χ3n) is 7.09. The van der Waals surface area contributed by atoms with Crippen molar-refractivity contribution in [3.05, 3.63) is 92.9 Å². The Morgan fingerprint density at radius 1 is 1.16 bits per heavy atom. The minimum absolute atomic E-state index is 0.0434. The summed E-state index contributed by atoms with van der Waals surface area (Å²) >= 11 is 6.01. The van der Waals surface area contributed by atoms with Gasteiger partial charge in [0.2, 0.25) is 0 Å². The van der Waals surface area contributed by atoms with Crippen LogP contribution in [0.1, 0.15) is 47.3 Å². The number of pyridine rings is 1. The molecule has 0 unspecified atom stereocenters. The number of imidazole rings is 1. The molecule has 2 aromatic carbocycles. The fraction of sp³-hybridized carbons (Fsp3) is 0.286. The molecule has 5 rings (SSSR count). The van der Waals surface area contributed by atoms with Gasteiger partial charge in [-0.25, -0.2) is 9.18 Å². The molecular formula is C28H25ClFN5O2. The van der Waals surface area contributed by atoms with E-state index in [1.807, 2.05) is 30.3 Å². The number of carbonyl (C=O) groups is 1. The Kier molecular flexibility index (Phi) is 6.81. The number of halogens is 2. The number of carbonyl (C=O) groups excluding carboxylic acids is 1. The summed E-state index contributed by atoms with van der Waals surface area (Å²) in [6.45, 7) is 2.31. The van der Waals surface area contributed by atoms with E-state index in [0.29, 0.717) is 34.0 Å². The molecule has 1 fully saturated rings. The van der Waals surface area contributed by atoms with Gasteiger partial charge in [0.05, 0.1) is 38.6 Å². The summed E-state index contributed by atoms with van der Waals surface area (Å²) in [4.78, 5) is 30.4. The average molecular weight is 518 g/mol. The number of nitrogens with zero attached hydrogens (tertiary/aromatic N) is 4. The number of fused-ring (bicyclic) bond motifs is 1. The normalized spacial score (nSPS) is 17.5. The van der Waals surface area contributed by atoms with E-state index in [2.05, 4.69) is 10.3 Å². The Morgan fingerprint density at radius 3 is 2.59 bits per heavy atom. The Hall–Kier alpha value is -3.96. The van der Waals surface area contributed by atoms with Crippen molar-refractivity contribution in [2.45, 2.75) is 45.2 Å². The van der Waals surface area contributed by atoms with Gasteiger partial charge in [-0.15, -0.1) is 0 Å².